The SMILES string of the molecule is C=C(CN)N(c1ccccc1N)C(C)C. The van der Waals surface area contributed by atoms with E-state index in [1.54, 1.807) is 0 Å². The molecule has 0 atom stereocenters. The molecule has 0 heterocycles. The van der Waals surface area contributed by atoms with Crippen molar-refractivity contribution in [1.29, 1.82) is 0 Å². The van der Waals surface area contributed by atoms with Gasteiger partial charge in [0.05, 0.1) is 11.4 Å². The maximum absolute atomic E-state index is 5.93. The first-order chi connectivity index (χ1) is 7.07. The Bertz CT molecular complexity index is 344. The number of rotatable bonds is 4. The molecular formula is C12H19N3. The number of nitrogen functional groups attached to an aromatic ring is 1. The predicted molar refractivity (Wildman–Crippen MR) is 66.7 cm³/mol. The lowest BCUT2D eigenvalue weighted by atomic mass is 10.2. The molecule has 0 aliphatic rings. The van der Waals surface area contributed by atoms with E-state index in [0.29, 0.717) is 12.6 Å². The molecular weight excluding hydrogens is 186 g/mol. The molecule has 15 heavy (non-hydrogen) atoms. The monoisotopic (exact) mass is 205 g/mol. The summed E-state index contributed by atoms with van der Waals surface area (Å²) in [5, 5.41) is 0. The van der Waals surface area contributed by atoms with E-state index in [-0.39, 0.29) is 0 Å². The fourth-order valence-corrected chi connectivity index (χ4v) is 1.62. The van der Waals surface area contributed by atoms with Gasteiger partial charge in [0.15, 0.2) is 0 Å². The fourth-order valence-electron chi connectivity index (χ4n) is 1.62. The molecule has 0 saturated carbocycles. The van der Waals surface area contributed by atoms with Crippen LogP contribution in [0, 0.1) is 0 Å². The van der Waals surface area contributed by atoms with Crippen LogP contribution >= 0.6 is 0 Å². The molecule has 0 aliphatic heterocycles. The molecule has 1 rings (SSSR count). The number of nitrogens with zero attached hydrogens (tertiary/aromatic N) is 1. The minimum atomic E-state index is 0.297. The van der Waals surface area contributed by atoms with Gasteiger partial charge in [0.25, 0.3) is 0 Å². The van der Waals surface area contributed by atoms with E-state index in [9.17, 15) is 0 Å². The lowest BCUT2D eigenvalue weighted by Crippen LogP contribution is -2.33. The van der Waals surface area contributed by atoms with Crippen molar-refractivity contribution in [2.45, 2.75) is 19.9 Å². The second-order valence-corrected chi connectivity index (χ2v) is 3.79. The van der Waals surface area contributed by atoms with Gasteiger partial charge in [-0.15, -0.1) is 0 Å². The average Bonchev–Trinajstić information content (AvgIpc) is 2.20. The second-order valence-electron chi connectivity index (χ2n) is 3.79. The second kappa shape index (κ2) is 4.84. The summed E-state index contributed by atoms with van der Waals surface area (Å²) in [4.78, 5) is 2.06. The van der Waals surface area contributed by atoms with Gasteiger partial charge in [0, 0.05) is 18.3 Å². The Balaban J connectivity index is 3.10. The van der Waals surface area contributed by atoms with Gasteiger partial charge in [-0.3, -0.25) is 0 Å². The van der Waals surface area contributed by atoms with Crippen molar-refractivity contribution in [3.8, 4) is 0 Å². The first-order valence-corrected chi connectivity index (χ1v) is 5.09. The average molecular weight is 205 g/mol. The number of hydrogen-bond donors (Lipinski definition) is 2. The van der Waals surface area contributed by atoms with E-state index in [1.807, 2.05) is 24.3 Å². The summed E-state index contributed by atoms with van der Waals surface area (Å²) in [5.41, 5.74) is 14.1. The zero-order chi connectivity index (χ0) is 11.4. The summed E-state index contributed by atoms with van der Waals surface area (Å²) in [5.74, 6) is 0. The van der Waals surface area contributed by atoms with Crippen LogP contribution in [0.1, 0.15) is 13.8 Å². The van der Waals surface area contributed by atoms with E-state index >= 15 is 0 Å². The summed E-state index contributed by atoms with van der Waals surface area (Å²) in [6.07, 6.45) is 0. The van der Waals surface area contributed by atoms with Gasteiger partial charge >= 0.3 is 0 Å². The molecule has 0 amide bonds. The normalized spacial score (nSPS) is 10.4. The standard InChI is InChI=1S/C12H19N3/c1-9(2)15(10(3)8-13)12-7-5-4-6-11(12)14/h4-7,9H,3,8,13-14H2,1-2H3. The van der Waals surface area contributed by atoms with Crippen molar-refractivity contribution in [1.82, 2.24) is 0 Å². The number of nitrogens with two attached hydrogens (primary N) is 2. The van der Waals surface area contributed by atoms with Gasteiger partial charge in [-0.2, -0.15) is 0 Å². The third-order valence-corrected chi connectivity index (χ3v) is 2.29. The van der Waals surface area contributed by atoms with Crippen LogP contribution in [0.5, 0.6) is 0 Å². The predicted octanol–water partition coefficient (Wildman–Crippen LogP) is 1.96. The van der Waals surface area contributed by atoms with Crippen molar-refractivity contribution < 1.29 is 0 Å². The Labute approximate surface area is 91.4 Å². The lowest BCUT2D eigenvalue weighted by molar-refractivity contribution is 0.744. The largest absolute Gasteiger partial charge is 0.397 e. The van der Waals surface area contributed by atoms with E-state index in [4.69, 9.17) is 11.5 Å². The minimum Gasteiger partial charge on any atom is -0.397 e. The van der Waals surface area contributed by atoms with Gasteiger partial charge < -0.3 is 16.4 Å². The Morgan fingerprint density at radius 1 is 1.40 bits per heavy atom. The van der Waals surface area contributed by atoms with Gasteiger partial charge in [-0.1, -0.05) is 18.7 Å². The molecule has 0 aliphatic carbocycles. The van der Waals surface area contributed by atoms with Crippen molar-refractivity contribution in [3.05, 3.63) is 36.5 Å². The maximum atomic E-state index is 5.93. The molecule has 82 valence electrons. The first kappa shape index (κ1) is 11.6. The third kappa shape index (κ3) is 2.50. The van der Waals surface area contributed by atoms with Gasteiger partial charge in [0.2, 0.25) is 0 Å². The van der Waals surface area contributed by atoms with E-state index in [2.05, 4.69) is 25.3 Å². The zero-order valence-corrected chi connectivity index (χ0v) is 9.40. The topological polar surface area (TPSA) is 55.3 Å². The highest BCUT2D eigenvalue weighted by atomic mass is 15.2. The summed E-state index contributed by atoms with van der Waals surface area (Å²) >= 11 is 0. The summed E-state index contributed by atoms with van der Waals surface area (Å²) in [7, 11) is 0. The third-order valence-electron chi connectivity index (χ3n) is 2.29. The summed E-state index contributed by atoms with van der Waals surface area (Å²) < 4.78 is 0. The van der Waals surface area contributed by atoms with Crippen molar-refractivity contribution in [3.63, 3.8) is 0 Å². The van der Waals surface area contributed by atoms with E-state index in [0.717, 1.165) is 17.1 Å². The number of para-hydroxylation sites is 2. The summed E-state index contributed by atoms with van der Waals surface area (Å²) in [6.45, 7) is 8.58. The maximum Gasteiger partial charge on any atom is 0.0644 e. The molecule has 0 saturated heterocycles. The Morgan fingerprint density at radius 3 is 2.47 bits per heavy atom. The highest BCUT2D eigenvalue weighted by Crippen LogP contribution is 2.27. The van der Waals surface area contributed by atoms with Crippen LogP contribution in [0.25, 0.3) is 0 Å². The highest BCUT2D eigenvalue weighted by Gasteiger charge is 2.14. The molecule has 0 bridgehead atoms. The van der Waals surface area contributed by atoms with Gasteiger partial charge in [-0.05, 0) is 26.0 Å². The van der Waals surface area contributed by atoms with Crippen LogP contribution in [-0.2, 0) is 0 Å². The molecule has 0 unspecified atom stereocenters. The quantitative estimate of drug-likeness (QED) is 0.739. The molecule has 0 fully saturated rings. The Kier molecular flexibility index (Phi) is 3.74. The van der Waals surface area contributed by atoms with Gasteiger partial charge in [0.1, 0.15) is 0 Å². The van der Waals surface area contributed by atoms with Crippen LogP contribution in [-0.4, -0.2) is 12.6 Å². The molecule has 1 aromatic carbocycles. The number of hydrogen-bond acceptors (Lipinski definition) is 3. The molecule has 0 spiro atoms. The van der Waals surface area contributed by atoms with Crippen LogP contribution in [0.3, 0.4) is 0 Å². The van der Waals surface area contributed by atoms with E-state index < -0.39 is 0 Å². The molecule has 3 nitrogen and oxygen atoms in total. The number of benzene rings is 1. The molecule has 1 aromatic rings. The van der Waals surface area contributed by atoms with Crippen molar-refractivity contribution in [2.75, 3.05) is 17.2 Å². The molecule has 3 heteroatoms. The number of anilines is 2. The van der Waals surface area contributed by atoms with Crippen LogP contribution in [0.15, 0.2) is 36.5 Å². The first-order valence-electron chi connectivity index (χ1n) is 5.09. The van der Waals surface area contributed by atoms with E-state index in [1.165, 1.54) is 0 Å². The highest BCUT2D eigenvalue weighted by molar-refractivity contribution is 5.70. The fraction of sp³-hybridized carbons (Fsp3) is 0.333. The minimum absolute atomic E-state index is 0.297. The zero-order valence-electron chi connectivity index (χ0n) is 9.40. The summed E-state index contributed by atoms with van der Waals surface area (Å²) in [6, 6.07) is 8.05. The van der Waals surface area contributed by atoms with Gasteiger partial charge in [-0.25, -0.2) is 0 Å². The van der Waals surface area contributed by atoms with Crippen LogP contribution in [0.2, 0.25) is 0 Å². The Hall–Kier alpha value is -1.48. The van der Waals surface area contributed by atoms with Crippen LogP contribution in [0.4, 0.5) is 11.4 Å². The van der Waals surface area contributed by atoms with Crippen molar-refractivity contribution >= 4 is 11.4 Å². The van der Waals surface area contributed by atoms with Crippen molar-refractivity contribution in [2.24, 2.45) is 5.73 Å². The smallest absolute Gasteiger partial charge is 0.0644 e. The lowest BCUT2D eigenvalue weighted by Gasteiger charge is -2.31. The molecule has 0 radical (unpaired) electrons. The molecule has 4 N–H and O–H groups in total. The Morgan fingerprint density at radius 2 is 2.00 bits per heavy atom. The molecule has 0 aromatic heterocycles. The van der Waals surface area contributed by atoms with Crippen LogP contribution < -0.4 is 16.4 Å².